The third-order valence-corrected chi connectivity index (χ3v) is 6.21. The molecule has 0 aliphatic heterocycles. The third-order valence-electron chi connectivity index (χ3n) is 5.25. The highest BCUT2D eigenvalue weighted by molar-refractivity contribution is 7.16. The van der Waals surface area contributed by atoms with Gasteiger partial charge in [-0.3, -0.25) is 4.79 Å². The lowest BCUT2D eigenvalue weighted by Crippen LogP contribution is -2.07. The molecule has 1 saturated carbocycles. The van der Waals surface area contributed by atoms with E-state index >= 15 is 0 Å². The number of fused-ring (bicyclic) bond motifs is 1. The third kappa shape index (κ3) is 3.38. The van der Waals surface area contributed by atoms with Crippen LogP contribution in [0.25, 0.3) is 16.2 Å². The minimum Gasteiger partial charge on any atom is -0.497 e. The zero-order valence-electron chi connectivity index (χ0n) is 15.0. The van der Waals surface area contributed by atoms with E-state index in [0.717, 1.165) is 39.9 Å². The Morgan fingerprint density at radius 3 is 2.69 bits per heavy atom. The van der Waals surface area contributed by atoms with Gasteiger partial charge in [-0.2, -0.15) is 9.61 Å². The number of carbonyl (C=O) groups excluding carboxylic acids is 1. The van der Waals surface area contributed by atoms with E-state index in [4.69, 9.17) is 4.74 Å². The summed E-state index contributed by atoms with van der Waals surface area (Å²) in [6.07, 6.45) is 9.85. The number of aldehydes is 1. The first-order valence-electron chi connectivity index (χ1n) is 9.26. The number of ether oxygens (including phenoxy) is 1. The molecular weight excluding hydrogens is 346 g/mol. The van der Waals surface area contributed by atoms with Crippen LogP contribution in [0, 0.1) is 5.92 Å². The van der Waals surface area contributed by atoms with Crippen LogP contribution in [-0.2, 0) is 6.42 Å². The molecule has 0 amide bonds. The van der Waals surface area contributed by atoms with Gasteiger partial charge >= 0.3 is 0 Å². The number of benzene rings is 1. The monoisotopic (exact) mass is 369 g/mol. The number of carbonyl (C=O) groups is 1. The van der Waals surface area contributed by atoms with E-state index < -0.39 is 0 Å². The summed E-state index contributed by atoms with van der Waals surface area (Å²) in [5.74, 6) is 1.62. The van der Waals surface area contributed by atoms with Crippen molar-refractivity contribution < 1.29 is 9.53 Å². The lowest BCUT2D eigenvalue weighted by molar-refractivity contribution is 0.111. The van der Waals surface area contributed by atoms with Crippen molar-refractivity contribution in [1.29, 1.82) is 0 Å². The number of imidazole rings is 1. The van der Waals surface area contributed by atoms with Crippen LogP contribution in [0.4, 0.5) is 0 Å². The highest BCUT2D eigenvalue weighted by atomic mass is 32.1. The topological polar surface area (TPSA) is 56.5 Å². The van der Waals surface area contributed by atoms with Gasteiger partial charge in [0.05, 0.1) is 7.11 Å². The van der Waals surface area contributed by atoms with Crippen molar-refractivity contribution in [3.63, 3.8) is 0 Å². The van der Waals surface area contributed by atoms with Crippen molar-refractivity contribution in [1.82, 2.24) is 14.6 Å². The van der Waals surface area contributed by atoms with Crippen LogP contribution in [-0.4, -0.2) is 28.0 Å². The molecular formula is C20H23N3O2S. The summed E-state index contributed by atoms with van der Waals surface area (Å²) in [4.78, 5) is 17.2. The van der Waals surface area contributed by atoms with E-state index in [2.05, 4.69) is 10.1 Å². The van der Waals surface area contributed by atoms with E-state index in [9.17, 15) is 4.79 Å². The van der Waals surface area contributed by atoms with E-state index in [1.807, 2.05) is 24.3 Å². The molecule has 4 rings (SSSR count). The molecule has 5 nitrogen and oxygen atoms in total. The molecule has 26 heavy (non-hydrogen) atoms. The molecule has 0 bridgehead atoms. The Morgan fingerprint density at radius 2 is 2.00 bits per heavy atom. The lowest BCUT2D eigenvalue weighted by atomic mass is 9.86. The van der Waals surface area contributed by atoms with Crippen molar-refractivity contribution in [2.45, 2.75) is 44.9 Å². The van der Waals surface area contributed by atoms with Crippen LogP contribution in [0.1, 0.15) is 54.0 Å². The molecule has 0 spiro atoms. The van der Waals surface area contributed by atoms with Crippen LogP contribution >= 0.6 is 11.3 Å². The molecule has 6 heteroatoms. The second-order valence-electron chi connectivity index (χ2n) is 6.92. The number of aromatic nitrogens is 3. The molecule has 136 valence electrons. The van der Waals surface area contributed by atoms with Gasteiger partial charge in [0.15, 0.2) is 6.29 Å². The van der Waals surface area contributed by atoms with Crippen LogP contribution in [0.5, 0.6) is 5.75 Å². The summed E-state index contributed by atoms with van der Waals surface area (Å²) >= 11 is 1.60. The Labute approximate surface area is 157 Å². The average molecular weight is 369 g/mol. The van der Waals surface area contributed by atoms with Gasteiger partial charge in [0.2, 0.25) is 4.96 Å². The summed E-state index contributed by atoms with van der Waals surface area (Å²) in [7, 11) is 1.64. The number of rotatable bonds is 6. The Morgan fingerprint density at radius 1 is 1.23 bits per heavy atom. The van der Waals surface area contributed by atoms with E-state index in [1.54, 1.807) is 23.0 Å². The highest BCUT2D eigenvalue weighted by Crippen LogP contribution is 2.30. The van der Waals surface area contributed by atoms with Gasteiger partial charge in [-0.05, 0) is 36.6 Å². The van der Waals surface area contributed by atoms with Crippen LogP contribution in [0.2, 0.25) is 0 Å². The molecule has 1 aromatic carbocycles. The molecule has 2 aromatic heterocycles. The molecule has 0 radical (unpaired) electrons. The Kier molecular flexibility index (Phi) is 5.02. The van der Waals surface area contributed by atoms with Gasteiger partial charge in [0.25, 0.3) is 0 Å². The number of aryl methyl sites for hydroxylation is 1. The number of methoxy groups -OCH3 is 1. The summed E-state index contributed by atoms with van der Waals surface area (Å²) in [6, 6.07) is 7.59. The fraction of sp³-hybridized carbons (Fsp3) is 0.450. The average Bonchev–Trinajstić information content (AvgIpc) is 3.24. The lowest BCUT2D eigenvalue weighted by Gasteiger charge is -2.20. The maximum Gasteiger partial charge on any atom is 0.213 e. The zero-order chi connectivity index (χ0) is 17.9. The number of hydrogen-bond acceptors (Lipinski definition) is 5. The quantitative estimate of drug-likeness (QED) is 0.586. The standard InChI is InChI=1S/C20H23N3O2S/c1-25-16-10-8-15(9-11-16)19-17(13-24)23-20(21-19)26-18(22-23)12-7-14-5-3-2-4-6-14/h8-11,13-14H,2-7,12H2,1H3. The normalized spacial score (nSPS) is 15.4. The maximum absolute atomic E-state index is 11.7. The van der Waals surface area contributed by atoms with Crippen LogP contribution < -0.4 is 4.74 Å². The van der Waals surface area contributed by atoms with Gasteiger partial charge in [-0.25, -0.2) is 4.98 Å². The summed E-state index contributed by atoms with van der Waals surface area (Å²) < 4.78 is 6.89. The van der Waals surface area contributed by atoms with E-state index in [-0.39, 0.29) is 0 Å². The molecule has 0 saturated heterocycles. The molecule has 2 heterocycles. The molecule has 3 aromatic rings. The largest absolute Gasteiger partial charge is 0.497 e. The Bertz CT molecular complexity index is 892. The maximum atomic E-state index is 11.7. The smallest absolute Gasteiger partial charge is 0.213 e. The van der Waals surface area contributed by atoms with Crippen molar-refractivity contribution >= 4 is 22.6 Å². The van der Waals surface area contributed by atoms with Crippen molar-refractivity contribution in [3.8, 4) is 17.0 Å². The summed E-state index contributed by atoms with van der Waals surface area (Å²) in [6.45, 7) is 0. The number of nitrogens with zero attached hydrogens (tertiary/aromatic N) is 3. The first kappa shape index (κ1) is 17.2. The predicted octanol–water partition coefficient (Wildman–Crippen LogP) is 4.79. The minimum atomic E-state index is 0.519. The highest BCUT2D eigenvalue weighted by Gasteiger charge is 2.19. The van der Waals surface area contributed by atoms with Gasteiger partial charge in [-0.15, -0.1) is 0 Å². The van der Waals surface area contributed by atoms with E-state index in [0.29, 0.717) is 11.4 Å². The SMILES string of the molecule is COc1ccc(-c2nc3sc(CCC4CCCCC4)nn3c2C=O)cc1. The second-order valence-corrected chi connectivity index (χ2v) is 7.97. The molecule has 0 atom stereocenters. The van der Waals surface area contributed by atoms with Crippen molar-refractivity contribution in [3.05, 3.63) is 35.0 Å². The van der Waals surface area contributed by atoms with Gasteiger partial charge in [0, 0.05) is 12.0 Å². The number of hydrogen-bond donors (Lipinski definition) is 0. The van der Waals surface area contributed by atoms with Crippen LogP contribution in [0.3, 0.4) is 0 Å². The Balaban J connectivity index is 1.56. The van der Waals surface area contributed by atoms with Crippen molar-refractivity contribution in [2.75, 3.05) is 7.11 Å². The van der Waals surface area contributed by atoms with Gasteiger partial charge in [0.1, 0.15) is 22.1 Å². The second kappa shape index (κ2) is 7.58. The Hall–Kier alpha value is -2.21. The van der Waals surface area contributed by atoms with Gasteiger partial charge < -0.3 is 4.74 Å². The zero-order valence-corrected chi connectivity index (χ0v) is 15.8. The molecule has 0 unspecified atom stereocenters. The fourth-order valence-electron chi connectivity index (χ4n) is 3.78. The molecule has 1 aliphatic rings. The summed E-state index contributed by atoms with van der Waals surface area (Å²) in [5, 5.41) is 5.74. The van der Waals surface area contributed by atoms with Crippen molar-refractivity contribution in [2.24, 2.45) is 5.92 Å². The molecule has 0 N–H and O–H groups in total. The minimum absolute atomic E-state index is 0.519. The predicted molar refractivity (Wildman–Crippen MR) is 103 cm³/mol. The van der Waals surface area contributed by atoms with E-state index in [1.165, 1.54) is 38.5 Å². The first-order valence-corrected chi connectivity index (χ1v) is 10.1. The molecule has 1 aliphatic carbocycles. The molecule has 1 fully saturated rings. The first-order chi connectivity index (χ1) is 12.8. The fourth-order valence-corrected chi connectivity index (χ4v) is 4.69. The van der Waals surface area contributed by atoms with Crippen LogP contribution in [0.15, 0.2) is 24.3 Å². The summed E-state index contributed by atoms with van der Waals surface area (Å²) in [5.41, 5.74) is 2.10. The van der Waals surface area contributed by atoms with Gasteiger partial charge in [-0.1, -0.05) is 43.4 Å².